The molecule has 2 heterocycles. The molecule has 2 fully saturated rings. The van der Waals surface area contributed by atoms with E-state index in [0.717, 1.165) is 37.6 Å². The maximum absolute atomic E-state index is 13.4. The minimum Gasteiger partial charge on any atom is -0.337 e. The highest BCUT2D eigenvalue weighted by Crippen LogP contribution is 2.56. The van der Waals surface area contributed by atoms with E-state index in [2.05, 4.69) is 19.8 Å². The standard InChI is InChI=1S/C19H24ClFN4.ClH/c1-24-9-8-23-18(24)13-25(12-14-2-3-15(21)10-16(14)20)17-11-19(17)4-6-22-7-5-19;/h2-3,8-10,17,22H,4-7,11-13H2,1H3;1H. The van der Waals surface area contributed by atoms with E-state index < -0.39 is 0 Å². The van der Waals surface area contributed by atoms with Gasteiger partial charge in [0.25, 0.3) is 0 Å². The number of hydrogen-bond acceptors (Lipinski definition) is 3. The molecule has 1 N–H and O–H groups in total. The van der Waals surface area contributed by atoms with Gasteiger partial charge in [-0.2, -0.15) is 0 Å². The Balaban J connectivity index is 0.00000196. The molecular formula is C19H25Cl2FN4. The smallest absolute Gasteiger partial charge is 0.124 e. The molecule has 1 saturated carbocycles. The van der Waals surface area contributed by atoms with Gasteiger partial charge in [0.2, 0.25) is 0 Å². The fourth-order valence-corrected chi connectivity index (χ4v) is 4.41. The lowest BCUT2D eigenvalue weighted by Crippen LogP contribution is -2.36. The molecule has 1 unspecified atom stereocenters. The Hall–Kier alpha value is -1.14. The Morgan fingerprint density at radius 2 is 2.12 bits per heavy atom. The van der Waals surface area contributed by atoms with Gasteiger partial charge in [0.1, 0.15) is 11.6 Å². The molecule has 0 radical (unpaired) electrons. The van der Waals surface area contributed by atoms with Gasteiger partial charge in [0.15, 0.2) is 0 Å². The first-order valence-electron chi connectivity index (χ1n) is 8.92. The summed E-state index contributed by atoms with van der Waals surface area (Å²) < 4.78 is 15.4. The van der Waals surface area contributed by atoms with Gasteiger partial charge in [-0.15, -0.1) is 12.4 Å². The van der Waals surface area contributed by atoms with Crippen molar-refractivity contribution in [3.63, 3.8) is 0 Å². The van der Waals surface area contributed by atoms with E-state index in [1.54, 1.807) is 6.07 Å². The Kier molecular flexibility index (Phi) is 5.92. The van der Waals surface area contributed by atoms with Crippen molar-refractivity contribution in [1.29, 1.82) is 0 Å². The number of aryl methyl sites for hydroxylation is 1. The van der Waals surface area contributed by atoms with Crippen LogP contribution in [0.3, 0.4) is 0 Å². The summed E-state index contributed by atoms with van der Waals surface area (Å²) >= 11 is 6.29. The number of nitrogens with zero attached hydrogens (tertiary/aromatic N) is 3. The molecule has 142 valence electrons. The molecule has 2 aromatic rings. The van der Waals surface area contributed by atoms with Gasteiger partial charge in [-0.25, -0.2) is 9.37 Å². The van der Waals surface area contributed by atoms with Crippen molar-refractivity contribution in [3.8, 4) is 0 Å². The summed E-state index contributed by atoms with van der Waals surface area (Å²) in [6.45, 7) is 3.72. The summed E-state index contributed by atoms with van der Waals surface area (Å²) in [6, 6.07) is 5.25. The van der Waals surface area contributed by atoms with Crippen LogP contribution in [0.4, 0.5) is 4.39 Å². The van der Waals surface area contributed by atoms with Gasteiger partial charge in [0, 0.05) is 37.1 Å². The Morgan fingerprint density at radius 1 is 1.35 bits per heavy atom. The molecule has 2 aliphatic rings. The summed E-state index contributed by atoms with van der Waals surface area (Å²) in [5.41, 5.74) is 1.41. The second kappa shape index (κ2) is 7.85. The number of benzene rings is 1. The summed E-state index contributed by atoms with van der Waals surface area (Å²) in [6.07, 6.45) is 7.51. The second-order valence-electron chi connectivity index (χ2n) is 7.43. The van der Waals surface area contributed by atoms with Crippen LogP contribution in [0.1, 0.15) is 30.7 Å². The zero-order valence-corrected chi connectivity index (χ0v) is 16.5. The zero-order chi connectivity index (χ0) is 17.4. The molecule has 26 heavy (non-hydrogen) atoms. The number of hydrogen-bond donors (Lipinski definition) is 1. The summed E-state index contributed by atoms with van der Waals surface area (Å²) in [7, 11) is 2.03. The Morgan fingerprint density at radius 3 is 2.77 bits per heavy atom. The average molecular weight is 399 g/mol. The van der Waals surface area contributed by atoms with E-state index in [0.29, 0.717) is 16.5 Å². The molecular weight excluding hydrogens is 374 g/mol. The fraction of sp³-hybridized carbons (Fsp3) is 0.526. The minimum absolute atomic E-state index is 0. The van der Waals surface area contributed by atoms with Crippen LogP contribution in [0.2, 0.25) is 5.02 Å². The highest BCUT2D eigenvalue weighted by Gasteiger charge is 2.56. The topological polar surface area (TPSA) is 33.1 Å². The molecule has 1 aromatic carbocycles. The number of nitrogens with one attached hydrogen (secondary N) is 1. The fourth-order valence-electron chi connectivity index (χ4n) is 4.18. The van der Waals surface area contributed by atoms with Crippen LogP contribution in [0.5, 0.6) is 0 Å². The molecule has 7 heteroatoms. The largest absolute Gasteiger partial charge is 0.337 e. The van der Waals surface area contributed by atoms with Crippen LogP contribution < -0.4 is 5.32 Å². The SMILES string of the molecule is Cl.Cn1ccnc1CN(Cc1ccc(F)cc1Cl)C1CC12CCNCC2. The van der Waals surface area contributed by atoms with E-state index in [-0.39, 0.29) is 18.2 Å². The van der Waals surface area contributed by atoms with Gasteiger partial charge >= 0.3 is 0 Å². The van der Waals surface area contributed by atoms with Gasteiger partial charge in [-0.3, -0.25) is 4.90 Å². The summed E-state index contributed by atoms with van der Waals surface area (Å²) in [5.74, 6) is 0.764. The van der Waals surface area contributed by atoms with E-state index >= 15 is 0 Å². The molecule has 1 aliphatic heterocycles. The average Bonchev–Trinajstić information content (AvgIpc) is 3.12. The van der Waals surface area contributed by atoms with E-state index in [1.807, 2.05) is 19.4 Å². The Bertz CT molecular complexity index is 758. The van der Waals surface area contributed by atoms with Crippen LogP contribution in [0, 0.1) is 11.2 Å². The molecule has 1 aromatic heterocycles. The Labute approximate surface area is 165 Å². The molecule has 1 atom stereocenters. The molecule has 4 nitrogen and oxygen atoms in total. The van der Waals surface area contributed by atoms with Crippen molar-refractivity contribution in [2.24, 2.45) is 12.5 Å². The van der Waals surface area contributed by atoms with Crippen LogP contribution in [0.15, 0.2) is 30.6 Å². The van der Waals surface area contributed by atoms with E-state index in [1.165, 1.54) is 31.4 Å². The maximum atomic E-state index is 13.4. The summed E-state index contributed by atoms with van der Waals surface area (Å²) in [5, 5.41) is 3.97. The molecule has 1 saturated heterocycles. The number of rotatable bonds is 5. The second-order valence-corrected chi connectivity index (χ2v) is 7.83. The first kappa shape index (κ1) is 19.6. The predicted molar refractivity (Wildman–Crippen MR) is 104 cm³/mol. The lowest BCUT2D eigenvalue weighted by atomic mass is 9.93. The summed E-state index contributed by atoms with van der Waals surface area (Å²) in [4.78, 5) is 6.97. The van der Waals surface area contributed by atoms with Crippen molar-refractivity contribution in [2.45, 2.75) is 38.4 Å². The lowest BCUT2D eigenvalue weighted by molar-refractivity contribution is 0.182. The van der Waals surface area contributed by atoms with Gasteiger partial charge in [-0.05, 0) is 55.5 Å². The van der Waals surface area contributed by atoms with Gasteiger partial charge < -0.3 is 9.88 Å². The zero-order valence-electron chi connectivity index (χ0n) is 14.9. The van der Waals surface area contributed by atoms with Crippen molar-refractivity contribution in [1.82, 2.24) is 19.8 Å². The predicted octanol–water partition coefficient (Wildman–Crippen LogP) is 3.78. The van der Waals surface area contributed by atoms with E-state index in [4.69, 9.17) is 11.6 Å². The number of aromatic nitrogens is 2. The third kappa shape index (κ3) is 3.91. The quantitative estimate of drug-likeness (QED) is 0.831. The lowest BCUT2D eigenvalue weighted by Gasteiger charge is -2.29. The third-order valence-corrected chi connectivity index (χ3v) is 6.19. The van der Waals surface area contributed by atoms with Gasteiger partial charge in [-0.1, -0.05) is 17.7 Å². The highest BCUT2D eigenvalue weighted by atomic mass is 35.5. The number of piperidine rings is 1. The maximum Gasteiger partial charge on any atom is 0.124 e. The highest BCUT2D eigenvalue weighted by molar-refractivity contribution is 6.31. The molecule has 0 bridgehead atoms. The van der Waals surface area contributed by atoms with Crippen molar-refractivity contribution < 1.29 is 4.39 Å². The van der Waals surface area contributed by atoms with Crippen LogP contribution in [-0.4, -0.2) is 33.6 Å². The van der Waals surface area contributed by atoms with Crippen molar-refractivity contribution in [2.75, 3.05) is 13.1 Å². The van der Waals surface area contributed by atoms with Crippen LogP contribution >= 0.6 is 24.0 Å². The number of imidazole rings is 1. The molecule has 1 spiro atoms. The molecule has 4 rings (SSSR count). The first-order valence-corrected chi connectivity index (χ1v) is 9.30. The van der Waals surface area contributed by atoms with Crippen LogP contribution in [0.25, 0.3) is 0 Å². The molecule has 0 amide bonds. The van der Waals surface area contributed by atoms with Gasteiger partial charge in [0.05, 0.1) is 6.54 Å². The van der Waals surface area contributed by atoms with Crippen molar-refractivity contribution in [3.05, 3.63) is 52.8 Å². The van der Waals surface area contributed by atoms with Crippen LogP contribution in [-0.2, 0) is 20.1 Å². The van der Waals surface area contributed by atoms with Crippen molar-refractivity contribution >= 4 is 24.0 Å². The normalized spacial score (nSPS) is 21.0. The number of halogens is 3. The minimum atomic E-state index is -0.286. The monoisotopic (exact) mass is 398 g/mol. The third-order valence-electron chi connectivity index (χ3n) is 5.84. The first-order chi connectivity index (χ1) is 12.1. The van der Waals surface area contributed by atoms with E-state index in [9.17, 15) is 4.39 Å². The molecule has 1 aliphatic carbocycles.